The molecule has 28 heavy (non-hydrogen) atoms. The number of amides is 1. The SMILES string of the molecule is O=C(Cn1nc(-c2ccc(F)cc2)oc1=O)NCC1(c2ccccc2)CCC1. The van der Waals surface area contributed by atoms with Gasteiger partial charge in [-0.05, 0) is 42.7 Å². The average molecular weight is 381 g/mol. The van der Waals surface area contributed by atoms with Crippen molar-refractivity contribution < 1.29 is 13.6 Å². The van der Waals surface area contributed by atoms with E-state index in [2.05, 4.69) is 22.5 Å². The van der Waals surface area contributed by atoms with Crippen LogP contribution in [-0.2, 0) is 16.8 Å². The van der Waals surface area contributed by atoms with Crippen molar-refractivity contribution in [3.05, 3.63) is 76.5 Å². The maximum Gasteiger partial charge on any atom is 0.437 e. The van der Waals surface area contributed by atoms with Gasteiger partial charge in [0.2, 0.25) is 11.8 Å². The van der Waals surface area contributed by atoms with Gasteiger partial charge >= 0.3 is 5.76 Å². The maximum absolute atomic E-state index is 13.0. The molecule has 1 aliphatic rings. The van der Waals surface area contributed by atoms with Crippen LogP contribution in [0.3, 0.4) is 0 Å². The predicted octanol–water partition coefficient (Wildman–Crippen LogP) is 2.88. The van der Waals surface area contributed by atoms with E-state index in [1.807, 2.05) is 18.2 Å². The quantitative estimate of drug-likeness (QED) is 0.712. The summed E-state index contributed by atoms with van der Waals surface area (Å²) in [6.07, 6.45) is 3.18. The first-order valence-corrected chi connectivity index (χ1v) is 9.22. The zero-order valence-corrected chi connectivity index (χ0v) is 15.2. The fraction of sp³-hybridized carbons (Fsp3) is 0.286. The molecule has 1 heterocycles. The number of nitrogens with one attached hydrogen (secondary N) is 1. The van der Waals surface area contributed by atoms with Crippen LogP contribution in [0.4, 0.5) is 4.39 Å². The van der Waals surface area contributed by atoms with E-state index >= 15 is 0 Å². The largest absolute Gasteiger partial charge is 0.437 e. The summed E-state index contributed by atoms with van der Waals surface area (Å²) >= 11 is 0. The molecule has 0 bridgehead atoms. The number of halogens is 1. The lowest BCUT2D eigenvalue weighted by Gasteiger charge is -2.42. The fourth-order valence-corrected chi connectivity index (χ4v) is 3.54. The Bertz CT molecular complexity index is 1020. The third-order valence-electron chi connectivity index (χ3n) is 5.31. The second-order valence-corrected chi connectivity index (χ2v) is 7.11. The number of carbonyl (C=O) groups is 1. The van der Waals surface area contributed by atoms with Crippen molar-refractivity contribution in [3.8, 4) is 11.5 Å². The van der Waals surface area contributed by atoms with Crippen molar-refractivity contribution in [2.45, 2.75) is 31.2 Å². The molecule has 0 unspecified atom stereocenters. The summed E-state index contributed by atoms with van der Waals surface area (Å²) in [5.74, 6) is -1.37. The van der Waals surface area contributed by atoms with Crippen LogP contribution in [-0.4, -0.2) is 22.2 Å². The molecule has 1 N–H and O–H groups in total. The summed E-state index contributed by atoms with van der Waals surface area (Å²) in [7, 11) is 0. The van der Waals surface area contributed by atoms with E-state index in [1.54, 1.807) is 0 Å². The Balaban J connectivity index is 1.42. The van der Waals surface area contributed by atoms with Crippen LogP contribution in [0.15, 0.2) is 63.8 Å². The number of hydrogen-bond acceptors (Lipinski definition) is 4. The maximum atomic E-state index is 13.0. The van der Waals surface area contributed by atoms with Gasteiger partial charge in [0.15, 0.2) is 0 Å². The number of aromatic nitrogens is 2. The predicted molar refractivity (Wildman–Crippen MR) is 101 cm³/mol. The van der Waals surface area contributed by atoms with Gasteiger partial charge in [-0.15, -0.1) is 5.10 Å². The molecule has 0 radical (unpaired) electrons. The summed E-state index contributed by atoms with van der Waals surface area (Å²) in [5, 5.41) is 6.97. The van der Waals surface area contributed by atoms with Crippen molar-refractivity contribution in [2.75, 3.05) is 6.54 Å². The summed E-state index contributed by atoms with van der Waals surface area (Å²) in [4.78, 5) is 24.4. The molecule has 1 saturated carbocycles. The monoisotopic (exact) mass is 381 g/mol. The van der Waals surface area contributed by atoms with Crippen molar-refractivity contribution >= 4 is 5.91 Å². The second-order valence-electron chi connectivity index (χ2n) is 7.11. The molecule has 2 aromatic carbocycles. The Kier molecular flexibility index (Phi) is 4.81. The number of carbonyl (C=O) groups excluding carboxylic acids is 1. The van der Waals surface area contributed by atoms with E-state index < -0.39 is 11.6 Å². The Hall–Kier alpha value is -3.22. The van der Waals surface area contributed by atoms with Crippen molar-refractivity contribution in [1.82, 2.24) is 15.1 Å². The molecule has 0 spiro atoms. The topological polar surface area (TPSA) is 77.1 Å². The second kappa shape index (κ2) is 7.42. The molecule has 1 aliphatic carbocycles. The Morgan fingerprint density at radius 3 is 2.50 bits per heavy atom. The minimum absolute atomic E-state index is 0.0367. The van der Waals surface area contributed by atoms with E-state index in [4.69, 9.17) is 4.42 Å². The number of rotatable bonds is 6. The first-order valence-electron chi connectivity index (χ1n) is 9.22. The molecule has 0 saturated heterocycles. The van der Waals surface area contributed by atoms with Gasteiger partial charge in [-0.1, -0.05) is 36.8 Å². The van der Waals surface area contributed by atoms with Gasteiger partial charge < -0.3 is 9.73 Å². The lowest BCUT2D eigenvalue weighted by Crippen LogP contribution is -2.46. The lowest BCUT2D eigenvalue weighted by molar-refractivity contribution is -0.122. The molecule has 144 valence electrons. The van der Waals surface area contributed by atoms with Gasteiger partial charge in [-0.2, -0.15) is 4.68 Å². The third kappa shape index (κ3) is 3.60. The number of nitrogens with zero attached hydrogens (tertiary/aromatic N) is 2. The lowest BCUT2D eigenvalue weighted by atomic mass is 9.64. The summed E-state index contributed by atoms with van der Waals surface area (Å²) in [5.41, 5.74) is 1.65. The Morgan fingerprint density at radius 2 is 1.86 bits per heavy atom. The molecular formula is C21H20FN3O3. The zero-order valence-electron chi connectivity index (χ0n) is 15.2. The van der Waals surface area contributed by atoms with Gasteiger partial charge in [0.1, 0.15) is 12.4 Å². The van der Waals surface area contributed by atoms with Crippen LogP contribution >= 0.6 is 0 Å². The normalized spacial score (nSPS) is 15.0. The highest BCUT2D eigenvalue weighted by atomic mass is 19.1. The van der Waals surface area contributed by atoms with Crippen LogP contribution in [0, 0.1) is 5.82 Å². The molecule has 0 aliphatic heterocycles. The van der Waals surface area contributed by atoms with Crippen molar-refractivity contribution in [2.24, 2.45) is 0 Å². The third-order valence-corrected chi connectivity index (χ3v) is 5.31. The van der Waals surface area contributed by atoms with E-state index in [9.17, 15) is 14.0 Å². The van der Waals surface area contributed by atoms with E-state index in [0.29, 0.717) is 12.1 Å². The highest BCUT2D eigenvalue weighted by Crippen LogP contribution is 2.43. The molecule has 7 heteroatoms. The van der Waals surface area contributed by atoms with Gasteiger partial charge in [0.05, 0.1) is 0 Å². The standard InChI is InChI=1S/C21H20FN3O3/c22-17-9-7-15(8-10-17)19-24-25(20(27)28-19)13-18(26)23-14-21(11-4-12-21)16-5-2-1-3-6-16/h1-3,5-10H,4,11-14H2,(H,23,26). The number of hydrogen-bond donors (Lipinski definition) is 1. The summed E-state index contributed by atoms with van der Waals surface area (Å²) in [6, 6.07) is 15.6. The van der Waals surface area contributed by atoms with Crippen LogP contribution in [0.1, 0.15) is 24.8 Å². The summed E-state index contributed by atoms with van der Waals surface area (Å²) < 4.78 is 19.1. The van der Waals surface area contributed by atoms with Gasteiger partial charge in [-0.3, -0.25) is 4.79 Å². The van der Waals surface area contributed by atoms with E-state index in [1.165, 1.54) is 29.8 Å². The van der Waals surface area contributed by atoms with E-state index in [0.717, 1.165) is 23.9 Å². The molecule has 1 amide bonds. The van der Waals surface area contributed by atoms with Gasteiger partial charge in [0, 0.05) is 17.5 Å². The fourth-order valence-electron chi connectivity index (χ4n) is 3.54. The molecule has 4 rings (SSSR count). The van der Waals surface area contributed by atoms with E-state index in [-0.39, 0.29) is 23.8 Å². The zero-order chi connectivity index (χ0) is 19.6. The Labute approximate surface area is 161 Å². The first kappa shape index (κ1) is 18.2. The van der Waals surface area contributed by atoms with Crippen LogP contribution in [0.2, 0.25) is 0 Å². The minimum atomic E-state index is -0.726. The van der Waals surface area contributed by atoms with Crippen molar-refractivity contribution in [1.29, 1.82) is 0 Å². The summed E-state index contributed by atoms with van der Waals surface area (Å²) in [6.45, 7) is 0.293. The molecule has 3 aromatic rings. The molecule has 1 aromatic heterocycles. The minimum Gasteiger partial charge on any atom is -0.388 e. The van der Waals surface area contributed by atoms with Gasteiger partial charge in [0.25, 0.3) is 0 Å². The highest BCUT2D eigenvalue weighted by Gasteiger charge is 2.38. The molecule has 1 fully saturated rings. The van der Waals surface area contributed by atoms with Crippen LogP contribution in [0.5, 0.6) is 0 Å². The highest BCUT2D eigenvalue weighted by molar-refractivity contribution is 5.75. The van der Waals surface area contributed by atoms with Crippen molar-refractivity contribution in [3.63, 3.8) is 0 Å². The smallest absolute Gasteiger partial charge is 0.388 e. The molecular weight excluding hydrogens is 361 g/mol. The first-order chi connectivity index (χ1) is 13.6. The molecule has 6 nitrogen and oxygen atoms in total. The van der Waals surface area contributed by atoms with Crippen LogP contribution < -0.4 is 11.1 Å². The van der Waals surface area contributed by atoms with Crippen LogP contribution in [0.25, 0.3) is 11.5 Å². The molecule has 0 atom stereocenters. The number of benzene rings is 2. The van der Waals surface area contributed by atoms with Gasteiger partial charge in [-0.25, -0.2) is 9.18 Å². The Morgan fingerprint density at radius 1 is 1.14 bits per heavy atom. The average Bonchev–Trinajstić information content (AvgIpc) is 3.03.